The molecule has 0 radical (unpaired) electrons. The van der Waals surface area contributed by atoms with Crippen LogP contribution in [0.15, 0.2) is 83.3 Å². The summed E-state index contributed by atoms with van der Waals surface area (Å²) in [7, 11) is 0. The van der Waals surface area contributed by atoms with Crippen LogP contribution in [-0.2, 0) is 13.0 Å². The zero-order valence-electron chi connectivity index (χ0n) is 18.3. The van der Waals surface area contributed by atoms with Crippen molar-refractivity contribution in [3.05, 3.63) is 107 Å². The fraction of sp³-hybridized carbons (Fsp3) is 0.185. The Bertz CT molecular complexity index is 1180. The predicted octanol–water partition coefficient (Wildman–Crippen LogP) is 5.51. The van der Waals surface area contributed by atoms with E-state index >= 15 is 0 Å². The van der Waals surface area contributed by atoms with E-state index in [9.17, 15) is 4.79 Å². The molecule has 1 amide bonds. The Morgan fingerprint density at radius 2 is 1.66 bits per heavy atom. The van der Waals surface area contributed by atoms with Gasteiger partial charge in [-0.25, -0.2) is 4.98 Å². The molecule has 4 aromatic rings. The number of amides is 1. The molecule has 32 heavy (non-hydrogen) atoms. The molecule has 0 saturated heterocycles. The number of para-hydroxylation sites is 1. The van der Waals surface area contributed by atoms with E-state index in [-0.39, 0.29) is 5.91 Å². The number of nitrogens with one attached hydrogen (secondary N) is 1. The van der Waals surface area contributed by atoms with Gasteiger partial charge < -0.3 is 14.5 Å². The van der Waals surface area contributed by atoms with E-state index in [0.717, 1.165) is 23.4 Å². The first-order chi connectivity index (χ1) is 15.6. The minimum absolute atomic E-state index is 0.0920. The van der Waals surface area contributed by atoms with Gasteiger partial charge in [-0.15, -0.1) is 0 Å². The fourth-order valence-corrected chi connectivity index (χ4v) is 3.42. The van der Waals surface area contributed by atoms with Gasteiger partial charge in [0.1, 0.15) is 23.8 Å². The second kappa shape index (κ2) is 9.96. The Balaban J connectivity index is 1.35. The SMILES string of the molecule is Cc1ccccc1CCNC(=O)c1ccc(-c2nc(COc3ccccc3)c(C)o2)cc1. The lowest BCUT2D eigenvalue weighted by Gasteiger charge is -2.08. The number of hydrogen-bond donors (Lipinski definition) is 1. The number of benzene rings is 3. The largest absolute Gasteiger partial charge is 0.487 e. The highest BCUT2D eigenvalue weighted by Gasteiger charge is 2.13. The first-order valence-electron chi connectivity index (χ1n) is 10.7. The second-order valence-electron chi connectivity index (χ2n) is 7.63. The summed E-state index contributed by atoms with van der Waals surface area (Å²) in [4.78, 5) is 17.0. The number of aryl methyl sites for hydroxylation is 2. The number of oxazole rings is 1. The van der Waals surface area contributed by atoms with Gasteiger partial charge in [-0.1, -0.05) is 42.5 Å². The molecular weight excluding hydrogens is 400 g/mol. The molecule has 0 atom stereocenters. The summed E-state index contributed by atoms with van der Waals surface area (Å²) in [6, 6.07) is 25.1. The van der Waals surface area contributed by atoms with Gasteiger partial charge >= 0.3 is 0 Å². The smallest absolute Gasteiger partial charge is 0.251 e. The standard InChI is InChI=1S/C27H26N2O3/c1-19-8-6-7-9-21(19)16-17-28-26(30)22-12-14-23(15-13-22)27-29-25(20(2)32-27)18-31-24-10-4-3-5-11-24/h3-15H,16-18H2,1-2H3,(H,28,30). The van der Waals surface area contributed by atoms with E-state index in [1.165, 1.54) is 11.1 Å². The molecule has 0 spiro atoms. The highest BCUT2D eigenvalue weighted by atomic mass is 16.5. The predicted molar refractivity (Wildman–Crippen MR) is 125 cm³/mol. The van der Waals surface area contributed by atoms with E-state index in [0.29, 0.717) is 30.4 Å². The van der Waals surface area contributed by atoms with Crippen molar-refractivity contribution >= 4 is 5.91 Å². The number of aromatic nitrogens is 1. The molecule has 1 aromatic heterocycles. The third kappa shape index (κ3) is 5.24. The lowest BCUT2D eigenvalue weighted by molar-refractivity contribution is 0.0954. The minimum atomic E-state index is -0.0920. The van der Waals surface area contributed by atoms with Gasteiger partial charge in [-0.3, -0.25) is 4.79 Å². The van der Waals surface area contributed by atoms with E-state index < -0.39 is 0 Å². The van der Waals surface area contributed by atoms with Crippen LogP contribution in [0.25, 0.3) is 11.5 Å². The maximum absolute atomic E-state index is 12.5. The molecule has 0 unspecified atom stereocenters. The van der Waals surface area contributed by atoms with Crippen LogP contribution >= 0.6 is 0 Å². The van der Waals surface area contributed by atoms with E-state index in [4.69, 9.17) is 9.15 Å². The first kappa shape index (κ1) is 21.4. The molecule has 5 nitrogen and oxygen atoms in total. The molecule has 162 valence electrons. The van der Waals surface area contributed by atoms with Crippen LogP contribution < -0.4 is 10.1 Å². The summed E-state index contributed by atoms with van der Waals surface area (Å²) in [6.45, 7) is 4.88. The highest BCUT2D eigenvalue weighted by molar-refractivity contribution is 5.94. The summed E-state index contributed by atoms with van der Waals surface area (Å²) < 4.78 is 11.6. The molecule has 5 heteroatoms. The monoisotopic (exact) mass is 426 g/mol. The normalized spacial score (nSPS) is 10.7. The van der Waals surface area contributed by atoms with Crippen LogP contribution in [0, 0.1) is 13.8 Å². The van der Waals surface area contributed by atoms with Gasteiger partial charge in [0.15, 0.2) is 0 Å². The summed E-state index contributed by atoms with van der Waals surface area (Å²) >= 11 is 0. The number of carbonyl (C=O) groups excluding carboxylic acids is 1. The number of rotatable bonds is 8. The maximum Gasteiger partial charge on any atom is 0.251 e. The Hall–Kier alpha value is -3.86. The van der Waals surface area contributed by atoms with Crippen LogP contribution in [0.5, 0.6) is 5.75 Å². The van der Waals surface area contributed by atoms with Gasteiger partial charge in [0.25, 0.3) is 5.91 Å². The topological polar surface area (TPSA) is 64.4 Å². The molecule has 3 aromatic carbocycles. The number of ether oxygens (including phenoxy) is 1. The second-order valence-corrected chi connectivity index (χ2v) is 7.63. The van der Waals surface area contributed by atoms with Crippen molar-refractivity contribution in [2.45, 2.75) is 26.9 Å². The summed E-state index contributed by atoms with van der Waals surface area (Å²) in [5.41, 5.74) is 4.65. The van der Waals surface area contributed by atoms with Crippen molar-refractivity contribution in [3.63, 3.8) is 0 Å². The molecule has 1 heterocycles. The molecule has 0 saturated carbocycles. The zero-order chi connectivity index (χ0) is 22.3. The van der Waals surface area contributed by atoms with Gasteiger partial charge in [0, 0.05) is 17.7 Å². The van der Waals surface area contributed by atoms with Crippen molar-refractivity contribution in [1.29, 1.82) is 0 Å². The van der Waals surface area contributed by atoms with Crippen LogP contribution in [0.3, 0.4) is 0 Å². The van der Waals surface area contributed by atoms with Crippen molar-refractivity contribution in [1.82, 2.24) is 10.3 Å². The van der Waals surface area contributed by atoms with Gasteiger partial charge in [-0.2, -0.15) is 0 Å². The zero-order valence-corrected chi connectivity index (χ0v) is 18.3. The third-order valence-electron chi connectivity index (χ3n) is 5.35. The van der Waals surface area contributed by atoms with Gasteiger partial charge in [0.05, 0.1) is 0 Å². The molecule has 0 aliphatic heterocycles. The lowest BCUT2D eigenvalue weighted by atomic mass is 10.1. The Labute approximate surface area is 188 Å². The fourth-order valence-electron chi connectivity index (χ4n) is 3.42. The first-order valence-corrected chi connectivity index (χ1v) is 10.7. The third-order valence-corrected chi connectivity index (χ3v) is 5.35. The Morgan fingerprint density at radius 1 is 0.938 bits per heavy atom. The van der Waals surface area contributed by atoms with E-state index in [1.54, 1.807) is 12.1 Å². The van der Waals surface area contributed by atoms with Crippen molar-refractivity contribution in [2.75, 3.05) is 6.54 Å². The summed E-state index contributed by atoms with van der Waals surface area (Å²) in [6.07, 6.45) is 0.805. The van der Waals surface area contributed by atoms with Crippen molar-refractivity contribution in [2.24, 2.45) is 0 Å². The quantitative estimate of drug-likeness (QED) is 0.403. The van der Waals surface area contributed by atoms with Crippen molar-refractivity contribution < 1.29 is 13.9 Å². The van der Waals surface area contributed by atoms with Crippen LogP contribution in [-0.4, -0.2) is 17.4 Å². The van der Waals surface area contributed by atoms with Crippen LogP contribution in [0.2, 0.25) is 0 Å². The maximum atomic E-state index is 12.5. The van der Waals surface area contributed by atoms with E-state index in [1.807, 2.05) is 61.5 Å². The molecule has 0 aliphatic carbocycles. The van der Waals surface area contributed by atoms with Crippen LogP contribution in [0.1, 0.15) is 32.9 Å². The molecule has 4 rings (SSSR count). The molecule has 0 bridgehead atoms. The average molecular weight is 427 g/mol. The number of nitrogens with zero attached hydrogens (tertiary/aromatic N) is 1. The number of carbonyl (C=O) groups is 1. The Morgan fingerprint density at radius 3 is 2.41 bits per heavy atom. The van der Waals surface area contributed by atoms with Crippen LogP contribution in [0.4, 0.5) is 0 Å². The summed E-state index contributed by atoms with van der Waals surface area (Å²) in [5.74, 6) is 1.93. The number of hydrogen-bond acceptors (Lipinski definition) is 4. The van der Waals surface area contributed by atoms with Crippen molar-refractivity contribution in [3.8, 4) is 17.2 Å². The summed E-state index contributed by atoms with van der Waals surface area (Å²) in [5, 5.41) is 2.98. The van der Waals surface area contributed by atoms with Gasteiger partial charge in [-0.05, 0) is 67.8 Å². The minimum Gasteiger partial charge on any atom is -0.487 e. The molecule has 0 aliphatic rings. The van der Waals surface area contributed by atoms with Gasteiger partial charge in [0.2, 0.25) is 5.89 Å². The molecular formula is C27H26N2O3. The molecule has 0 fully saturated rings. The highest BCUT2D eigenvalue weighted by Crippen LogP contribution is 2.23. The molecule has 1 N–H and O–H groups in total. The lowest BCUT2D eigenvalue weighted by Crippen LogP contribution is -2.25. The Kier molecular flexibility index (Phi) is 6.66. The van der Waals surface area contributed by atoms with E-state index in [2.05, 4.69) is 29.4 Å². The average Bonchev–Trinajstić information content (AvgIpc) is 3.20.